The number of rotatable bonds is 3. The number of aromatic hydroxyl groups is 1. The molecule has 0 radical (unpaired) electrons. The predicted octanol–water partition coefficient (Wildman–Crippen LogP) is 3.52. The highest BCUT2D eigenvalue weighted by molar-refractivity contribution is 7.94. The molecular formula is C12H12ClNO3S2. The van der Waals surface area contributed by atoms with Gasteiger partial charge in [-0.1, -0.05) is 11.6 Å². The third-order valence-electron chi connectivity index (χ3n) is 2.49. The van der Waals surface area contributed by atoms with Gasteiger partial charge in [0.1, 0.15) is 9.96 Å². The number of hydrogen-bond acceptors (Lipinski definition) is 4. The Morgan fingerprint density at radius 2 is 1.95 bits per heavy atom. The average Bonchev–Trinajstić information content (AvgIpc) is 2.72. The van der Waals surface area contributed by atoms with E-state index in [2.05, 4.69) is 4.72 Å². The number of phenols is 1. The van der Waals surface area contributed by atoms with E-state index in [0.717, 1.165) is 16.2 Å². The van der Waals surface area contributed by atoms with E-state index in [-0.39, 0.29) is 15.6 Å². The molecule has 1 heterocycles. The maximum atomic E-state index is 12.1. The first-order valence-electron chi connectivity index (χ1n) is 5.38. The van der Waals surface area contributed by atoms with Crippen LogP contribution in [0.1, 0.15) is 10.4 Å². The van der Waals surface area contributed by atoms with Crippen LogP contribution in [0.15, 0.2) is 28.5 Å². The first-order valence-corrected chi connectivity index (χ1v) is 8.06. The lowest BCUT2D eigenvalue weighted by Crippen LogP contribution is -2.11. The highest BCUT2D eigenvalue weighted by Crippen LogP contribution is 2.33. The van der Waals surface area contributed by atoms with Crippen LogP contribution in [0.3, 0.4) is 0 Å². The second kappa shape index (κ2) is 5.03. The lowest BCUT2D eigenvalue weighted by molar-refractivity contribution is 0.473. The summed E-state index contributed by atoms with van der Waals surface area (Å²) in [7, 11) is -3.70. The topological polar surface area (TPSA) is 66.4 Å². The highest BCUT2D eigenvalue weighted by atomic mass is 35.5. The quantitative estimate of drug-likeness (QED) is 0.851. The molecule has 2 rings (SSSR count). The molecule has 7 heteroatoms. The molecule has 102 valence electrons. The molecule has 1 aromatic carbocycles. The fraction of sp³-hybridized carbons (Fsp3) is 0.167. The fourth-order valence-corrected chi connectivity index (χ4v) is 4.18. The van der Waals surface area contributed by atoms with E-state index >= 15 is 0 Å². The molecule has 0 amide bonds. The zero-order valence-corrected chi connectivity index (χ0v) is 12.7. The summed E-state index contributed by atoms with van der Waals surface area (Å²) in [5.74, 6) is -0.124. The maximum Gasteiger partial charge on any atom is 0.271 e. The molecule has 0 aliphatic heterocycles. The van der Waals surface area contributed by atoms with Gasteiger partial charge in [-0.05, 0) is 43.7 Å². The van der Waals surface area contributed by atoms with Crippen molar-refractivity contribution in [2.75, 3.05) is 4.72 Å². The molecule has 0 unspecified atom stereocenters. The van der Waals surface area contributed by atoms with Gasteiger partial charge in [-0.15, -0.1) is 11.3 Å². The van der Waals surface area contributed by atoms with Gasteiger partial charge in [-0.3, -0.25) is 4.72 Å². The van der Waals surface area contributed by atoms with E-state index in [0.29, 0.717) is 10.6 Å². The van der Waals surface area contributed by atoms with E-state index in [4.69, 9.17) is 11.6 Å². The third-order valence-corrected chi connectivity index (χ3v) is 5.57. The number of aryl methyl sites for hydroxylation is 2. The molecule has 0 saturated carbocycles. The minimum absolute atomic E-state index is 0.0797. The zero-order chi connectivity index (χ0) is 14.2. The average molecular weight is 318 g/mol. The molecule has 0 aliphatic rings. The Balaban J connectivity index is 2.41. The first-order chi connectivity index (χ1) is 8.79. The van der Waals surface area contributed by atoms with Crippen molar-refractivity contribution in [3.05, 3.63) is 39.7 Å². The fourth-order valence-electron chi connectivity index (χ4n) is 1.56. The van der Waals surface area contributed by atoms with Crippen LogP contribution in [0.5, 0.6) is 5.75 Å². The number of phenolic OH excluding ortho intramolecular Hbond substituents is 1. The van der Waals surface area contributed by atoms with Crippen molar-refractivity contribution in [3.8, 4) is 5.75 Å². The molecule has 19 heavy (non-hydrogen) atoms. The van der Waals surface area contributed by atoms with Crippen molar-refractivity contribution in [2.24, 2.45) is 0 Å². The van der Waals surface area contributed by atoms with Gasteiger partial charge >= 0.3 is 0 Å². The number of benzene rings is 1. The number of thiophene rings is 1. The van der Waals surface area contributed by atoms with Gasteiger partial charge in [-0.2, -0.15) is 0 Å². The number of hydrogen-bond donors (Lipinski definition) is 2. The zero-order valence-electron chi connectivity index (χ0n) is 10.3. The van der Waals surface area contributed by atoms with Gasteiger partial charge in [0.05, 0.1) is 5.69 Å². The molecule has 0 saturated heterocycles. The minimum Gasteiger partial charge on any atom is -0.505 e. The van der Waals surface area contributed by atoms with Crippen molar-refractivity contribution < 1.29 is 13.5 Å². The molecular weight excluding hydrogens is 306 g/mol. The van der Waals surface area contributed by atoms with E-state index in [9.17, 15) is 13.5 Å². The van der Waals surface area contributed by atoms with Gasteiger partial charge < -0.3 is 5.11 Å². The van der Waals surface area contributed by atoms with Crippen LogP contribution >= 0.6 is 22.9 Å². The molecule has 2 N–H and O–H groups in total. The Labute approximate surface area is 120 Å². The lowest BCUT2D eigenvalue weighted by atomic mass is 10.2. The van der Waals surface area contributed by atoms with Crippen LogP contribution in [0.2, 0.25) is 5.02 Å². The Morgan fingerprint density at radius 3 is 2.53 bits per heavy atom. The lowest BCUT2D eigenvalue weighted by Gasteiger charge is -2.10. The molecule has 0 atom stereocenters. The van der Waals surface area contributed by atoms with Crippen LogP contribution in [-0.4, -0.2) is 13.5 Å². The van der Waals surface area contributed by atoms with Crippen LogP contribution in [0.4, 0.5) is 5.69 Å². The molecule has 0 aliphatic carbocycles. The van der Waals surface area contributed by atoms with E-state index in [1.807, 2.05) is 6.92 Å². The summed E-state index contributed by atoms with van der Waals surface area (Å²) in [6.45, 7) is 3.47. The summed E-state index contributed by atoms with van der Waals surface area (Å²) in [6, 6.07) is 6.19. The normalized spacial score (nSPS) is 11.5. The van der Waals surface area contributed by atoms with Crippen molar-refractivity contribution in [3.63, 3.8) is 0 Å². The summed E-state index contributed by atoms with van der Waals surface area (Å²) in [5, 5.41) is 10.2. The molecule has 1 aromatic heterocycles. The Bertz CT molecular complexity index is 723. The number of sulfonamides is 1. The monoisotopic (exact) mass is 317 g/mol. The van der Waals surface area contributed by atoms with Gasteiger partial charge in [-0.25, -0.2) is 8.42 Å². The molecule has 0 spiro atoms. The molecule has 0 fully saturated rings. The number of halogens is 1. The SMILES string of the molecule is Cc1ccc(S(=O)(=O)Nc2cc(Cl)cc(C)c2O)s1. The second-order valence-electron chi connectivity index (χ2n) is 4.09. The molecule has 2 aromatic rings. The van der Waals surface area contributed by atoms with Gasteiger partial charge in [0.2, 0.25) is 0 Å². The Morgan fingerprint density at radius 1 is 1.26 bits per heavy atom. The minimum atomic E-state index is -3.70. The van der Waals surface area contributed by atoms with Crippen molar-refractivity contribution in [2.45, 2.75) is 18.1 Å². The number of anilines is 1. The van der Waals surface area contributed by atoms with E-state index in [1.54, 1.807) is 19.1 Å². The van der Waals surface area contributed by atoms with Crippen LogP contribution in [-0.2, 0) is 10.0 Å². The smallest absolute Gasteiger partial charge is 0.271 e. The summed E-state index contributed by atoms with van der Waals surface area (Å²) in [4.78, 5) is 0.895. The van der Waals surface area contributed by atoms with Crippen molar-refractivity contribution >= 4 is 38.6 Å². The summed E-state index contributed by atoms with van der Waals surface area (Å²) in [5.41, 5.74) is 0.587. The Kier molecular flexibility index (Phi) is 3.75. The van der Waals surface area contributed by atoms with Crippen LogP contribution in [0.25, 0.3) is 0 Å². The summed E-state index contributed by atoms with van der Waals surface area (Å²) >= 11 is 7.02. The second-order valence-corrected chi connectivity index (χ2v) is 7.72. The van der Waals surface area contributed by atoms with E-state index in [1.165, 1.54) is 12.1 Å². The number of nitrogens with one attached hydrogen (secondary N) is 1. The van der Waals surface area contributed by atoms with Gasteiger partial charge in [0.15, 0.2) is 0 Å². The van der Waals surface area contributed by atoms with Gasteiger partial charge in [0, 0.05) is 9.90 Å². The predicted molar refractivity (Wildman–Crippen MR) is 77.7 cm³/mol. The van der Waals surface area contributed by atoms with E-state index < -0.39 is 10.0 Å². The van der Waals surface area contributed by atoms with Crippen LogP contribution < -0.4 is 4.72 Å². The maximum absolute atomic E-state index is 12.1. The molecule has 0 bridgehead atoms. The standard InChI is InChI=1S/C12H12ClNO3S2/c1-7-5-9(13)6-10(12(7)15)14-19(16,17)11-4-3-8(2)18-11/h3-6,14-15H,1-2H3. The Hall–Kier alpha value is -1.24. The largest absolute Gasteiger partial charge is 0.505 e. The van der Waals surface area contributed by atoms with Gasteiger partial charge in [0.25, 0.3) is 10.0 Å². The molecule has 4 nitrogen and oxygen atoms in total. The summed E-state index contributed by atoms with van der Waals surface area (Å²) < 4.78 is 26.8. The van der Waals surface area contributed by atoms with Crippen molar-refractivity contribution in [1.82, 2.24) is 0 Å². The summed E-state index contributed by atoms with van der Waals surface area (Å²) in [6.07, 6.45) is 0. The van der Waals surface area contributed by atoms with Crippen LogP contribution in [0, 0.1) is 13.8 Å². The van der Waals surface area contributed by atoms with Crippen molar-refractivity contribution in [1.29, 1.82) is 0 Å². The third kappa shape index (κ3) is 3.02. The first kappa shape index (κ1) is 14.2. The highest BCUT2D eigenvalue weighted by Gasteiger charge is 2.19.